The first-order chi connectivity index (χ1) is 18.0. The fourth-order valence-electron chi connectivity index (χ4n) is 5.32. The number of benzene rings is 2. The number of hydrogen-bond donors (Lipinski definition) is 3. The smallest absolute Gasteiger partial charge is 0.134 e. The fraction of sp³-hybridized carbons (Fsp3) is 0.433. The fourth-order valence-corrected chi connectivity index (χ4v) is 5.32. The van der Waals surface area contributed by atoms with Crippen LogP contribution in [0.5, 0.6) is 0 Å². The Morgan fingerprint density at radius 2 is 1.76 bits per heavy atom. The Morgan fingerprint density at radius 3 is 2.51 bits per heavy atom. The van der Waals surface area contributed by atoms with Gasteiger partial charge >= 0.3 is 0 Å². The minimum absolute atomic E-state index is 0.0556. The maximum absolute atomic E-state index is 11.1. The van der Waals surface area contributed by atoms with E-state index in [0.717, 1.165) is 68.7 Å². The van der Waals surface area contributed by atoms with Gasteiger partial charge in [0.15, 0.2) is 0 Å². The molecule has 3 aromatic rings. The second kappa shape index (κ2) is 12.2. The van der Waals surface area contributed by atoms with Crippen LogP contribution in [-0.2, 0) is 17.9 Å². The number of aliphatic hydroxyl groups is 1. The van der Waals surface area contributed by atoms with Crippen molar-refractivity contribution in [3.63, 3.8) is 0 Å². The van der Waals surface area contributed by atoms with E-state index in [1.54, 1.807) is 6.20 Å². The van der Waals surface area contributed by atoms with Gasteiger partial charge in [0, 0.05) is 56.1 Å². The molecule has 1 aromatic heterocycles. The highest BCUT2D eigenvalue weighted by molar-refractivity contribution is 5.65. The lowest BCUT2D eigenvalue weighted by Gasteiger charge is -2.32. The summed E-state index contributed by atoms with van der Waals surface area (Å²) in [6.07, 6.45) is 3.93. The average molecular weight is 502 g/mol. The van der Waals surface area contributed by atoms with Crippen molar-refractivity contribution >= 4 is 5.82 Å². The highest BCUT2D eigenvalue weighted by Gasteiger charge is 2.30. The molecule has 37 heavy (non-hydrogen) atoms. The molecule has 2 heterocycles. The number of nitrogens with zero attached hydrogens (tertiary/aromatic N) is 3. The lowest BCUT2D eigenvalue weighted by atomic mass is 10.0. The number of ether oxygens (including phenoxy) is 1. The van der Waals surface area contributed by atoms with Crippen LogP contribution in [0.15, 0.2) is 66.9 Å². The summed E-state index contributed by atoms with van der Waals surface area (Å²) in [4.78, 5) is 9.28. The van der Waals surface area contributed by atoms with Gasteiger partial charge in [0.05, 0.1) is 12.7 Å². The molecule has 2 fully saturated rings. The first-order valence-corrected chi connectivity index (χ1v) is 13.4. The van der Waals surface area contributed by atoms with E-state index in [4.69, 9.17) is 10.5 Å². The third-order valence-electron chi connectivity index (χ3n) is 7.66. The molecule has 2 aliphatic rings. The van der Waals surface area contributed by atoms with E-state index in [1.807, 2.05) is 24.3 Å². The zero-order chi connectivity index (χ0) is 25.6. The summed E-state index contributed by atoms with van der Waals surface area (Å²) in [5.41, 5.74) is 11.3. The summed E-state index contributed by atoms with van der Waals surface area (Å²) >= 11 is 0. The van der Waals surface area contributed by atoms with Gasteiger partial charge in [0.2, 0.25) is 0 Å². The van der Waals surface area contributed by atoms with Gasteiger partial charge < -0.3 is 20.5 Å². The van der Waals surface area contributed by atoms with Gasteiger partial charge in [-0.05, 0) is 49.1 Å². The first-order valence-electron chi connectivity index (χ1n) is 13.4. The van der Waals surface area contributed by atoms with E-state index >= 15 is 0 Å². The van der Waals surface area contributed by atoms with Crippen LogP contribution in [0, 0.1) is 0 Å². The van der Waals surface area contributed by atoms with Gasteiger partial charge in [-0.1, -0.05) is 54.6 Å². The van der Waals surface area contributed by atoms with E-state index in [9.17, 15) is 5.11 Å². The van der Waals surface area contributed by atoms with Crippen LogP contribution in [0.4, 0.5) is 5.82 Å². The molecule has 0 radical (unpaired) electrons. The zero-order valence-electron chi connectivity index (χ0n) is 21.7. The molecule has 0 bridgehead atoms. The number of likely N-dealkylation sites (N-methyl/N-ethyl adjacent to an activating group) is 1. The highest BCUT2D eigenvalue weighted by Crippen LogP contribution is 2.29. The lowest BCUT2D eigenvalue weighted by Crippen LogP contribution is -2.43. The molecule has 1 saturated heterocycles. The molecule has 5 rings (SSSR count). The number of piperazine rings is 1. The van der Waals surface area contributed by atoms with Crippen LogP contribution in [0.2, 0.25) is 0 Å². The topological polar surface area (TPSA) is 86.9 Å². The van der Waals surface area contributed by atoms with Crippen molar-refractivity contribution in [2.45, 2.75) is 50.8 Å². The first kappa shape index (κ1) is 25.8. The molecule has 1 aliphatic carbocycles. The van der Waals surface area contributed by atoms with E-state index in [-0.39, 0.29) is 12.1 Å². The average Bonchev–Trinajstić information content (AvgIpc) is 3.37. The summed E-state index contributed by atoms with van der Waals surface area (Å²) in [5, 5.41) is 14.4. The molecule has 1 aliphatic heterocycles. The summed E-state index contributed by atoms with van der Waals surface area (Å²) in [6, 6.07) is 20.9. The van der Waals surface area contributed by atoms with E-state index in [0.29, 0.717) is 18.0 Å². The molecule has 0 amide bonds. The van der Waals surface area contributed by atoms with Gasteiger partial charge in [-0.15, -0.1) is 0 Å². The summed E-state index contributed by atoms with van der Waals surface area (Å²) in [6.45, 7) is 5.99. The third-order valence-corrected chi connectivity index (χ3v) is 7.66. The van der Waals surface area contributed by atoms with Crippen molar-refractivity contribution in [3.05, 3.63) is 83.6 Å². The maximum atomic E-state index is 11.1. The second-order valence-corrected chi connectivity index (χ2v) is 10.4. The van der Waals surface area contributed by atoms with Crippen LogP contribution in [0.3, 0.4) is 0 Å². The molecule has 0 spiro atoms. The second-order valence-electron chi connectivity index (χ2n) is 10.4. The van der Waals surface area contributed by atoms with Gasteiger partial charge in [0.25, 0.3) is 0 Å². The molecule has 4 N–H and O–H groups in total. The Hall–Kier alpha value is -2.81. The van der Waals surface area contributed by atoms with Crippen molar-refractivity contribution in [2.24, 2.45) is 0 Å². The van der Waals surface area contributed by atoms with Crippen molar-refractivity contribution in [1.82, 2.24) is 20.1 Å². The van der Waals surface area contributed by atoms with Gasteiger partial charge in [-0.3, -0.25) is 10.2 Å². The molecule has 1 saturated carbocycles. The van der Waals surface area contributed by atoms with Crippen LogP contribution >= 0.6 is 0 Å². The predicted molar refractivity (Wildman–Crippen MR) is 148 cm³/mol. The number of nitrogens with two attached hydrogens (primary N) is 1. The summed E-state index contributed by atoms with van der Waals surface area (Å²) < 4.78 is 6.21. The Bertz CT molecular complexity index is 1130. The standard InChI is InChI=1S/C30H39N5O2/c1-34-14-16-35(17-15-34)20-22-10-12-24(13-11-22)25-18-26(29(31)32-19-25)30(36)33-27-8-5-9-28(27)37-21-23-6-3-2-4-7-23/h2-4,6-7,10-13,18-19,27-28,30,33,36H,5,8-9,14-17,20-21H2,1H3,(H2,31,32)/t27-,28-,30?/m0/s1. The van der Waals surface area contributed by atoms with Crippen molar-refractivity contribution in [2.75, 3.05) is 39.0 Å². The van der Waals surface area contributed by atoms with Crippen LogP contribution in [0.1, 0.15) is 42.2 Å². The van der Waals surface area contributed by atoms with Crippen molar-refractivity contribution in [1.29, 1.82) is 0 Å². The minimum atomic E-state index is -0.908. The molecular formula is C30H39N5O2. The Labute approximate surface area is 220 Å². The molecule has 7 nitrogen and oxygen atoms in total. The predicted octanol–water partition coefficient (Wildman–Crippen LogP) is 3.80. The maximum Gasteiger partial charge on any atom is 0.134 e. The van der Waals surface area contributed by atoms with Crippen LogP contribution in [0.25, 0.3) is 11.1 Å². The van der Waals surface area contributed by atoms with Crippen LogP contribution in [-0.4, -0.2) is 65.3 Å². The lowest BCUT2D eigenvalue weighted by molar-refractivity contribution is 0.00958. The van der Waals surface area contributed by atoms with E-state index in [2.05, 4.69) is 63.5 Å². The van der Waals surface area contributed by atoms with Crippen molar-refractivity contribution in [3.8, 4) is 11.1 Å². The molecule has 3 atom stereocenters. The molecule has 7 heteroatoms. The Kier molecular flexibility index (Phi) is 8.48. The summed E-state index contributed by atoms with van der Waals surface area (Å²) in [5.74, 6) is 0.343. The Balaban J connectivity index is 1.21. The van der Waals surface area contributed by atoms with Gasteiger partial charge in [-0.2, -0.15) is 0 Å². The third kappa shape index (κ3) is 6.74. The summed E-state index contributed by atoms with van der Waals surface area (Å²) in [7, 11) is 2.18. The quantitative estimate of drug-likeness (QED) is 0.385. The number of nitrogen functional groups attached to an aromatic ring is 1. The van der Waals surface area contributed by atoms with Crippen molar-refractivity contribution < 1.29 is 9.84 Å². The molecule has 1 unspecified atom stereocenters. The number of hydrogen-bond acceptors (Lipinski definition) is 7. The zero-order valence-corrected chi connectivity index (χ0v) is 21.7. The number of pyridine rings is 1. The number of nitrogens with one attached hydrogen (secondary N) is 1. The largest absolute Gasteiger partial charge is 0.383 e. The SMILES string of the molecule is CN1CCN(Cc2ccc(-c3cnc(N)c(C(O)N[C@H]4CCC[C@@H]4OCc4ccccc4)c3)cc2)CC1. The molecule has 2 aromatic carbocycles. The van der Waals surface area contributed by atoms with Gasteiger partial charge in [-0.25, -0.2) is 4.98 Å². The minimum Gasteiger partial charge on any atom is -0.383 e. The molecule has 196 valence electrons. The Morgan fingerprint density at radius 1 is 1.00 bits per heavy atom. The van der Waals surface area contributed by atoms with E-state index < -0.39 is 6.23 Å². The van der Waals surface area contributed by atoms with E-state index in [1.165, 1.54) is 5.56 Å². The monoisotopic (exact) mass is 501 g/mol. The number of aliphatic hydroxyl groups excluding tert-OH is 1. The molecular weight excluding hydrogens is 462 g/mol. The number of aromatic nitrogens is 1. The number of anilines is 1. The van der Waals surface area contributed by atoms with Crippen LogP contribution < -0.4 is 11.1 Å². The normalized spacial score (nSPS) is 21.8. The highest BCUT2D eigenvalue weighted by atomic mass is 16.5. The number of rotatable bonds is 9. The van der Waals surface area contributed by atoms with Gasteiger partial charge in [0.1, 0.15) is 12.0 Å².